The molecule has 1 N–H and O–H groups in total. The molecular formula is C17H37N. The van der Waals surface area contributed by atoms with Gasteiger partial charge in [0.15, 0.2) is 0 Å². The first kappa shape index (κ1) is 18.0. The van der Waals surface area contributed by atoms with Crippen LogP contribution in [0.3, 0.4) is 0 Å². The average Bonchev–Trinajstić information content (AvgIpc) is 2.30. The van der Waals surface area contributed by atoms with Crippen LogP contribution in [0, 0.1) is 11.3 Å². The van der Waals surface area contributed by atoms with Crippen molar-refractivity contribution in [1.82, 2.24) is 5.32 Å². The molecule has 0 bridgehead atoms. The highest BCUT2D eigenvalue weighted by atomic mass is 14.9. The molecule has 0 saturated carbocycles. The number of hydrogen-bond donors (Lipinski definition) is 1. The van der Waals surface area contributed by atoms with Crippen LogP contribution in [-0.2, 0) is 0 Å². The highest BCUT2D eigenvalue weighted by Crippen LogP contribution is 2.24. The summed E-state index contributed by atoms with van der Waals surface area (Å²) in [6.07, 6.45) is 11.3. The molecule has 0 spiro atoms. The number of unbranched alkanes of at least 4 members (excludes halogenated alkanes) is 7. The van der Waals surface area contributed by atoms with E-state index in [-0.39, 0.29) is 0 Å². The first-order valence-corrected chi connectivity index (χ1v) is 8.19. The molecule has 0 rings (SSSR count). The predicted octanol–water partition coefficient (Wildman–Crippen LogP) is 5.40. The molecule has 0 aromatic rings. The molecule has 1 heteroatoms. The Morgan fingerprint density at radius 3 is 1.83 bits per heavy atom. The van der Waals surface area contributed by atoms with Gasteiger partial charge in [-0.25, -0.2) is 0 Å². The molecule has 0 fully saturated rings. The van der Waals surface area contributed by atoms with E-state index in [1.807, 2.05) is 0 Å². The lowest BCUT2D eigenvalue weighted by Gasteiger charge is -2.27. The third-order valence-corrected chi connectivity index (χ3v) is 4.14. The van der Waals surface area contributed by atoms with Crippen LogP contribution < -0.4 is 5.32 Å². The third-order valence-electron chi connectivity index (χ3n) is 4.14. The van der Waals surface area contributed by atoms with Crippen molar-refractivity contribution < 1.29 is 0 Å². The van der Waals surface area contributed by atoms with Crippen LogP contribution in [0.15, 0.2) is 0 Å². The molecule has 0 aromatic heterocycles. The molecule has 1 atom stereocenters. The quantitative estimate of drug-likeness (QED) is 0.487. The number of nitrogens with one attached hydrogen (secondary N) is 1. The van der Waals surface area contributed by atoms with E-state index in [2.05, 4.69) is 39.9 Å². The van der Waals surface area contributed by atoms with Gasteiger partial charge >= 0.3 is 0 Å². The first-order chi connectivity index (χ1) is 8.48. The molecule has 0 aliphatic carbocycles. The fourth-order valence-corrected chi connectivity index (χ4v) is 2.01. The van der Waals surface area contributed by atoms with Crippen LogP contribution in [0.25, 0.3) is 0 Å². The normalized spacial score (nSPS) is 13.8. The minimum Gasteiger partial charge on any atom is -0.316 e. The molecule has 0 radical (unpaired) electrons. The molecule has 110 valence electrons. The van der Waals surface area contributed by atoms with E-state index in [1.54, 1.807) is 0 Å². The summed E-state index contributed by atoms with van der Waals surface area (Å²) in [4.78, 5) is 0. The Hall–Kier alpha value is -0.0400. The fourth-order valence-electron chi connectivity index (χ4n) is 2.01. The van der Waals surface area contributed by atoms with E-state index in [0.29, 0.717) is 5.41 Å². The highest BCUT2D eigenvalue weighted by molar-refractivity contribution is 4.71. The van der Waals surface area contributed by atoms with Gasteiger partial charge in [0.1, 0.15) is 0 Å². The summed E-state index contributed by atoms with van der Waals surface area (Å²) in [5, 5.41) is 3.60. The van der Waals surface area contributed by atoms with Crippen LogP contribution in [0.2, 0.25) is 0 Å². The van der Waals surface area contributed by atoms with Crippen LogP contribution in [0.4, 0.5) is 0 Å². The van der Waals surface area contributed by atoms with Gasteiger partial charge in [0.05, 0.1) is 0 Å². The van der Waals surface area contributed by atoms with E-state index >= 15 is 0 Å². The minimum absolute atomic E-state index is 0.437. The fraction of sp³-hybridized carbons (Fsp3) is 1.00. The molecule has 1 nitrogen and oxygen atoms in total. The van der Waals surface area contributed by atoms with Gasteiger partial charge in [-0.15, -0.1) is 0 Å². The van der Waals surface area contributed by atoms with Crippen molar-refractivity contribution in [3.63, 3.8) is 0 Å². The molecule has 0 heterocycles. The van der Waals surface area contributed by atoms with Crippen LogP contribution >= 0.6 is 0 Å². The lowest BCUT2D eigenvalue weighted by atomic mass is 9.82. The molecular weight excluding hydrogens is 218 g/mol. The molecule has 0 aliphatic rings. The maximum atomic E-state index is 3.60. The van der Waals surface area contributed by atoms with Crippen molar-refractivity contribution in [3.05, 3.63) is 0 Å². The Bertz CT molecular complexity index is 169. The van der Waals surface area contributed by atoms with E-state index in [0.717, 1.165) is 5.92 Å². The van der Waals surface area contributed by atoms with E-state index in [1.165, 1.54) is 64.5 Å². The zero-order valence-corrected chi connectivity index (χ0v) is 13.6. The molecule has 0 amide bonds. The number of hydrogen-bond acceptors (Lipinski definition) is 1. The van der Waals surface area contributed by atoms with Crippen LogP contribution in [-0.4, -0.2) is 13.1 Å². The van der Waals surface area contributed by atoms with Crippen molar-refractivity contribution in [2.24, 2.45) is 11.3 Å². The van der Waals surface area contributed by atoms with E-state index < -0.39 is 0 Å². The summed E-state index contributed by atoms with van der Waals surface area (Å²) < 4.78 is 0. The van der Waals surface area contributed by atoms with Crippen LogP contribution in [0.5, 0.6) is 0 Å². The zero-order chi connectivity index (χ0) is 13.9. The van der Waals surface area contributed by atoms with E-state index in [4.69, 9.17) is 0 Å². The van der Waals surface area contributed by atoms with Gasteiger partial charge in [-0.05, 0) is 30.8 Å². The lowest BCUT2D eigenvalue weighted by molar-refractivity contribution is 0.253. The second-order valence-electron chi connectivity index (χ2n) is 6.95. The zero-order valence-electron chi connectivity index (χ0n) is 13.6. The Labute approximate surface area is 116 Å². The third kappa shape index (κ3) is 11.1. The summed E-state index contributed by atoms with van der Waals surface area (Å²) in [5.74, 6) is 0.756. The van der Waals surface area contributed by atoms with Crippen molar-refractivity contribution >= 4 is 0 Å². The summed E-state index contributed by atoms with van der Waals surface area (Å²) in [6, 6.07) is 0. The minimum atomic E-state index is 0.437. The van der Waals surface area contributed by atoms with Gasteiger partial charge in [-0.1, -0.05) is 79.6 Å². The second kappa shape index (κ2) is 10.8. The topological polar surface area (TPSA) is 12.0 Å². The Morgan fingerprint density at radius 2 is 1.33 bits per heavy atom. The van der Waals surface area contributed by atoms with E-state index in [9.17, 15) is 0 Å². The monoisotopic (exact) mass is 255 g/mol. The standard InChI is InChI=1S/C17H37N/c1-6-7-8-9-10-11-12-13-14-18-15-16(2)17(3,4)5/h16,18H,6-15H2,1-5H3. The Morgan fingerprint density at radius 1 is 0.833 bits per heavy atom. The summed E-state index contributed by atoms with van der Waals surface area (Å²) >= 11 is 0. The van der Waals surface area contributed by atoms with Crippen molar-refractivity contribution in [3.8, 4) is 0 Å². The van der Waals surface area contributed by atoms with Crippen molar-refractivity contribution in [1.29, 1.82) is 0 Å². The molecule has 0 aromatic carbocycles. The average molecular weight is 255 g/mol. The maximum Gasteiger partial charge on any atom is -0.00182 e. The highest BCUT2D eigenvalue weighted by Gasteiger charge is 2.18. The summed E-state index contributed by atoms with van der Waals surface area (Å²) in [6.45, 7) is 14.0. The van der Waals surface area contributed by atoms with Crippen molar-refractivity contribution in [2.75, 3.05) is 13.1 Å². The van der Waals surface area contributed by atoms with Gasteiger partial charge < -0.3 is 5.32 Å². The molecule has 18 heavy (non-hydrogen) atoms. The Kier molecular flexibility index (Phi) is 10.8. The second-order valence-corrected chi connectivity index (χ2v) is 6.95. The number of rotatable bonds is 11. The molecule has 1 unspecified atom stereocenters. The maximum absolute atomic E-state index is 3.60. The van der Waals surface area contributed by atoms with Crippen LogP contribution in [0.1, 0.15) is 86.0 Å². The smallest absolute Gasteiger partial charge is 0.00182 e. The Balaban J connectivity index is 3.17. The van der Waals surface area contributed by atoms with Gasteiger partial charge in [0, 0.05) is 0 Å². The predicted molar refractivity (Wildman–Crippen MR) is 84.1 cm³/mol. The SMILES string of the molecule is CCCCCCCCCCNCC(C)C(C)(C)C. The first-order valence-electron chi connectivity index (χ1n) is 8.19. The van der Waals surface area contributed by atoms with Gasteiger partial charge in [-0.2, -0.15) is 0 Å². The molecule has 0 aliphatic heterocycles. The largest absolute Gasteiger partial charge is 0.316 e. The lowest BCUT2D eigenvalue weighted by Crippen LogP contribution is -2.30. The van der Waals surface area contributed by atoms with Crippen molar-refractivity contribution in [2.45, 2.75) is 86.0 Å². The molecule has 0 saturated heterocycles. The van der Waals surface area contributed by atoms with Gasteiger partial charge in [0.25, 0.3) is 0 Å². The van der Waals surface area contributed by atoms with Gasteiger partial charge in [-0.3, -0.25) is 0 Å². The summed E-state index contributed by atoms with van der Waals surface area (Å²) in [7, 11) is 0. The summed E-state index contributed by atoms with van der Waals surface area (Å²) in [5.41, 5.74) is 0.437. The van der Waals surface area contributed by atoms with Gasteiger partial charge in [0.2, 0.25) is 0 Å².